The van der Waals surface area contributed by atoms with Crippen molar-refractivity contribution in [3.8, 4) is 6.07 Å². The fourth-order valence-electron chi connectivity index (χ4n) is 4.33. The molecular weight excluding hydrogens is 334 g/mol. The van der Waals surface area contributed by atoms with Gasteiger partial charge >= 0.3 is 0 Å². The Kier molecular flexibility index (Phi) is 3.56. The van der Waals surface area contributed by atoms with Crippen molar-refractivity contribution >= 4 is 33.3 Å². The number of fused-ring (bicyclic) bond motifs is 5. The minimum atomic E-state index is 0.458. The van der Waals surface area contributed by atoms with Gasteiger partial charge in [-0.05, 0) is 44.2 Å². The van der Waals surface area contributed by atoms with Crippen LogP contribution in [-0.4, -0.2) is 34.6 Å². The third-order valence-electron chi connectivity index (χ3n) is 5.40. The minimum Gasteiger partial charge on any atom is -0.368 e. The predicted molar refractivity (Wildman–Crippen MR) is 109 cm³/mol. The van der Waals surface area contributed by atoms with Gasteiger partial charge in [-0.25, -0.2) is 4.98 Å². The Labute approximate surface area is 157 Å². The van der Waals surface area contributed by atoms with Gasteiger partial charge < -0.3 is 10.2 Å². The number of nitrogens with one attached hydrogen (secondary N) is 1. The number of benzene rings is 2. The molecule has 27 heavy (non-hydrogen) atoms. The third-order valence-corrected chi connectivity index (χ3v) is 5.40. The zero-order valence-corrected chi connectivity index (χ0v) is 15.5. The van der Waals surface area contributed by atoms with Gasteiger partial charge in [0.05, 0.1) is 22.1 Å². The highest BCUT2D eigenvalue weighted by Gasteiger charge is 2.22. The Morgan fingerprint density at radius 3 is 2.59 bits per heavy atom. The van der Waals surface area contributed by atoms with Crippen LogP contribution in [0.2, 0.25) is 0 Å². The topological polar surface area (TPSA) is 56.4 Å². The number of nitriles is 1. The van der Waals surface area contributed by atoms with Crippen LogP contribution in [0.5, 0.6) is 0 Å². The van der Waals surface area contributed by atoms with Gasteiger partial charge in [0.2, 0.25) is 0 Å². The third kappa shape index (κ3) is 2.53. The SMILES string of the molecule is CC1CN(c2ccc3cc(C#N)c4nc5ccccc5n4c3c2)CC(C)N1. The summed E-state index contributed by atoms with van der Waals surface area (Å²) < 4.78 is 2.13. The number of pyridine rings is 1. The van der Waals surface area contributed by atoms with E-state index in [0.717, 1.165) is 40.7 Å². The number of imidazole rings is 1. The Morgan fingerprint density at radius 2 is 1.81 bits per heavy atom. The van der Waals surface area contributed by atoms with Crippen molar-refractivity contribution in [2.45, 2.75) is 25.9 Å². The number of hydrogen-bond acceptors (Lipinski definition) is 4. The molecule has 0 saturated carbocycles. The van der Waals surface area contributed by atoms with Crippen molar-refractivity contribution in [3.05, 3.63) is 54.1 Å². The molecule has 1 saturated heterocycles. The molecule has 0 bridgehead atoms. The van der Waals surface area contributed by atoms with Crippen LogP contribution >= 0.6 is 0 Å². The number of rotatable bonds is 1. The summed E-state index contributed by atoms with van der Waals surface area (Å²) in [5, 5.41) is 14.3. The normalized spacial score (nSPS) is 20.4. The highest BCUT2D eigenvalue weighted by Crippen LogP contribution is 2.29. The first-order chi connectivity index (χ1) is 13.1. The molecule has 2 aromatic heterocycles. The van der Waals surface area contributed by atoms with Crippen molar-refractivity contribution in [2.75, 3.05) is 18.0 Å². The van der Waals surface area contributed by atoms with Crippen molar-refractivity contribution in [2.24, 2.45) is 0 Å². The molecule has 2 atom stereocenters. The van der Waals surface area contributed by atoms with E-state index in [0.29, 0.717) is 17.6 Å². The maximum Gasteiger partial charge on any atom is 0.156 e. The summed E-state index contributed by atoms with van der Waals surface area (Å²) in [7, 11) is 0. The smallest absolute Gasteiger partial charge is 0.156 e. The molecule has 5 rings (SSSR count). The van der Waals surface area contributed by atoms with E-state index in [1.165, 1.54) is 5.69 Å². The fraction of sp³-hybridized carbons (Fsp3) is 0.273. The summed E-state index contributed by atoms with van der Waals surface area (Å²) >= 11 is 0. The molecule has 2 unspecified atom stereocenters. The lowest BCUT2D eigenvalue weighted by Crippen LogP contribution is -2.54. The lowest BCUT2D eigenvalue weighted by Gasteiger charge is -2.37. The van der Waals surface area contributed by atoms with Crippen molar-refractivity contribution < 1.29 is 0 Å². The van der Waals surface area contributed by atoms with Crippen molar-refractivity contribution in [3.63, 3.8) is 0 Å². The zero-order valence-electron chi connectivity index (χ0n) is 15.5. The average Bonchev–Trinajstić information content (AvgIpc) is 3.06. The lowest BCUT2D eigenvalue weighted by atomic mass is 10.1. The van der Waals surface area contributed by atoms with Gasteiger partial charge in [-0.15, -0.1) is 0 Å². The molecule has 134 valence electrons. The molecular formula is C22H21N5. The van der Waals surface area contributed by atoms with Gasteiger partial charge in [0.15, 0.2) is 5.65 Å². The Balaban J connectivity index is 1.79. The number of para-hydroxylation sites is 2. The van der Waals surface area contributed by atoms with Crippen molar-refractivity contribution in [1.82, 2.24) is 14.7 Å². The molecule has 4 aromatic rings. The summed E-state index contributed by atoms with van der Waals surface area (Å²) in [6.07, 6.45) is 0. The highest BCUT2D eigenvalue weighted by atomic mass is 15.2. The molecule has 0 aliphatic carbocycles. The molecule has 1 aliphatic heterocycles. The molecule has 1 fully saturated rings. The first-order valence-corrected chi connectivity index (χ1v) is 9.39. The van der Waals surface area contributed by atoms with Crippen LogP contribution in [0, 0.1) is 11.3 Å². The van der Waals surface area contributed by atoms with Gasteiger partial charge in [-0.3, -0.25) is 4.40 Å². The van der Waals surface area contributed by atoms with E-state index >= 15 is 0 Å². The van der Waals surface area contributed by atoms with Gasteiger partial charge in [0.1, 0.15) is 6.07 Å². The highest BCUT2D eigenvalue weighted by molar-refractivity contribution is 5.94. The van der Waals surface area contributed by atoms with Crippen LogP contribution in [0.25, 0.3) is 27.6 Å². The molecule has 2 aromatic carbocycles. The Bertz CT molecular complexity index is 1210. The number of anilines is 1. The van der Waals surface area contributed by atoms with Crippen LogP contribution in [0.4, 0.5) is 5.69 Å². The average molecular weight is 355 g/mol. The second-order valence-corrected chi connectivity index (χ2v) is 7.55. The molecule has 1 N–H and O–H groups in total. The molecule has 1 aliphatic rings. The largest absolute Gasteiger partial charge is 0.368 e. The quantitative estimate of drug-likeness (QED) is 0.566. The van der Waals surface area contributed by atoms with E-state index in [9.17, 15) is 5.26 Å². The van der Waals surface area contributed by atoms with Gasteiger partial charge in [0, 0.05) is 36.2 Å². The van der Waals surface area contributed by atoms with E-state index in [1.54, 1.807) is 0 Å². The summed E-state index contributed by atoms with van der Waals surface area (Å²) in [5.74, 6) is 0. The van der Waals surface area contributed by atoms with Crippen molar-refractivity contribution in [1.29, 1.82) is 5.26 Å². The Hall–Kier alpha value is -3.10. The minimum absolute atomic E-state index is 0.458. The van der Waals surface area contributed by atoms with Gasteiger partial charge in [-0.1, -0.05) is 18.2 Å². The van der Waals surface area contributed by atoms with E-state index < -0.39 is 0 Å². The molecule has 3 heterocycles. The standard InChI is InChI=1S/C22H21N5/c1-14-12-26(13-15(2)24-14)18-8-7-16-9-17(11-23)22-25-19-5-3-4-6-20(19)27(22)21(16)10-18/h3-10,14-15,24H,12-13H2,1-2H3. The lowest BCUT2D eigenvalue weighted by molar-refractivity contribution is 0.407. The first-order valence-electron chi connectivity index (χ1n) is 9.39. The molecule has 5 heteroatoms. The van der Waals surface area contributed by atoms with Crippen LogP contribution in [0.3, 0.4) is 0 Å². The summed E-state index contributed by atoms with van der Waals surface area (Å²) in [6.45, 7) is 6.43. The monoisotopic (exact) mass is 355 g/mol. The second kappa shape index (κ2) is 5.97. The molecule has 0 radical (unpaired) electrons. The number of nitrogens with zero attached hydrogens (tertiary/aromatic N) is 4. The van der Waals surface area contributed by atoms with Crippen LogP contribution in [-0.2, 0) is 0 Å². The van der Waals surface area contributed by atoms with E-state index in [-0.39, 0.29) is 0 Å². The fourth-order valence-corrected chi connectivity index (χ4v) is 4.33. The van der Waals surface area contributed by atoms with E-state index in [2.05, 4.69) is 58.8 Å². The van der Waals surface area contributed by atoms with Crippen LogP contribution in [0.1, 0.15) is 19.4 Å². The number of aromatic nitrogens is 2. The molecule has 5 nitrogen and oxygen atoms in total. The summed E-state index contributed by atoms with van der Waals surface area (Å²) in [5.41, 5.74) is 5.59. The number of piperazine rings is 1. The first kappa shape index (κ1) is 16.1. The van der Waals surface area contributed by atoms with Gasteiger partial charge in [-0.2, -0.15) is 5.26 Å². The Morgan fingerprint density at radius 1 is 1.04 bits per heavy atom. The summed E-state index contributed by atoms with van der Waals surface area (Å²) in [4.78, 5) is 7.16. The number of hydrogen-bond donors (Lipinski definition) is 1. The predicted octanol–water partition coefficient (Wildman–Crippen LogP) is 3.70. The van der Waals surface area contributed by atoms with Gasteiger partial charge in [0.25, 0.3) is 0 Å². The summed E-state index contributed by atoms with van der Waals surface area (Å²) in [6, 6.07) is 19.8. The maximum atomic E-state index is 9.62. The molecule has 0 spiro atoms. The molecule has 0 amide bonds. The van der Waals surface area contributed by atoms with E-state index in [4.69, 9.17) is 4.98 Å². The zero-order chi connectivity index (χ0) is 18.5. The maximum absolute atomic E-state index is 9.62. The second-order valence-electron chi connectivity index (χ2n) is 7.55. The van der Waals surface area contributed by atoms with Crippen LogP contribution in [0.15, 0.2) is 48.5 Å². The van der Waals surface area contributed by atoms with E-state index in [1.807, 2.05) is 24.3 Å². The van der Waals surface area contributed by atoms with Crippen LogP contribution < -0.4 is 10.2 Å².